The molecule has 3 rings (SSSR count). The van der Waals surface area contributed by atoms with E-state index >= 15 is 0 Å². The maximum absolute atomic E-state index is 10.8. The second kappa shape index (κ2) is 5.73. The number of nitro groups is 1. The molecule has 0 atom stereocenters. The van der Waals surface area contributed by atoms with Gasteiger partial charge in [-0.1, -0.05) is 18.2 Å². The van der Waals surface area contributed by atoms with Crippen LogP contribution in [0.1, 0.15) is 23.3 Å². The standard InChI is InChI=1S/C15H16N2O2S/c18-17(19)14-4-1-3-12(9-14)10-16(13-6-7-13)11-15-5-2-8-20-15/h1-5,8-9,13H,6-7,10-11H2. The Hall–Kier alpha value is -1.72. The van der Waals surface area contributed by atoms with Crippen LogP contribution in [0.4, 0.5) is 5.69 Å². The van der Waals surface area contributed by atoms with Crippen LogP contribution in [0.2, 0.25) is 0 Å². The predicted octanol–water partition coefficient (Wildman–Crippen LogP) is 3.82. The first kappa shape index (κ1) is 13.3. The summed E-state index contributed by atoms with van der Waals surface area (Å²) >= 11 is 1.77. The van der Waals surface area contributed by atoms with Crippen LogP contribution in [0.3, 0.4) is 0 Å². The Balaban J connectivity index is 1.73. The summed E-state index contributed by atoms with van der Waals surface area (Å²) in [5, 5.41) is 12.9. The Labute approximate surface area is 121 Å². The highest BCUT2D eigenvalue weighted by Crippen LogP contribution is 2.31. The molecule has 0 spiro atoms. The normalized spacial score (nSPS) is 14.7. The zero-order valence-electron chi connectivity index (χ0n) is 11.1. The lowest BCUT2D eigenvalue weighted by atomic mass is 10.2. The van der Waals surface area contributed by atoms with Crippen LogP contribution in [0.25, 0.3) is 0 Å². The van der Waals surface area contributed by atoms with Gasteiger partial charge in [0.15, 0.2) is 0 Å². The fourth-order valence-electron chi connectivity index (χ4n) is 2.36. The Morgan fingerprint density at radius 3 is 2.75 bits per heavy atom. The minimum atomic E-state index is -0.329. The van der Waals surface area contributed by atoms with Crippen molar-refractivity contribution < 1.29 is 4.92 Å². The zero-order chi connectivity index (χ0) is 13.9. The van der Waals surface area contributed by atoms with Crippen LogP contribution in [0.5, 0.6) is 0 Å². The van der Waals surface area contributed by atoms with Crippen LogP contribution < -0.4 is 0 Å². The molecule has 2 aromatic rings. The molecule has 104 valence electrons. The highest BCUT2D eigenvalue weighted by Gasteiger charge is 2.29. The summed E-state index contributed by atoms with van der Waals surface area (Å²) < 4.78 is 0. The molecule has 1 aliphatic carbocycles. The van der Waals surface area contributed by atoms with Gasteiger partial charge in [-0.25, -0.2) is 0 Å². The number of benzene rings is 1. The lowest BCUT2D eigenvalue weighted by Gasteiger charge is -2.21. The summed E-state index contributed by atoms with van der Waals surface area (Å²) in [6.45, 7) is 1.72. The van der Waals surface area contributed by atoms with Gasteiger partial charge in [0.25, 0.3) is 5.69 Å². The molecule has 1 fully saturated rings. The summed E-state index contributed by atoms with van der Waals surface area (Å²) in [4.78, 5) is 14.3. The first-order valence-corrected chi connectivity index (χ1v) is 7.60. The summed E-state index contributed by atoms with van der Waals surface area (Å²) in [5.74, 6) is 0. The van der Waals surface area contributed by atoms with Crippen molar-refractivity contribution in [1.29, 1.82) is 0 Å². The van der Waals surface area contributed by atoms with Crippen molar-refractivity contribution in [2.24, 2.45) is 0 Å². The molecular weight excluding hydrogens is 272 g/mol. The highest BCUT2D eigenvalue weighted by molar-refractivity contribution is 7.09. The van der Waals surface area contributed by atoms with E-state index in [4.69, 9.17) is 0 Å². The molecule has 0 aliphatic heterocycles. The van der Waals surface area contributed by atoms with E-state index in [1.165, 1.54) is 17.7 Å². The molecule has 0 N–H and O–H groups in total. The quantitative estimate of drug-likeness (QED) is 0.599. The summed E-state index contributed by atoms with van der Waals surface area (Å²) in [7, 11) is 0. The first-order valence-electron chi connectivity index (χ1n) is 6.72. The molecular formula is C15H16N2O2S. The molecule has 0 unspecified atom stereocenters. The molecule has 5 heteroatoms. The zero-order valence-corrected chi connectivity index (χ0v) is 11.9. The van der Waals surface area contributed by atoms with E-state index in [-0.39, 0.29) is 10.6 Å². The lowest BCUT2D eigenvalue weighted by molar-refractivity contribution is -0.384. The second-order valence-corrected chi connectivity index (χ2v) is 6.17. The second-order valence-electron chi connectivity index (χ2n) is 5.14. The third-order valence-electron chi connectivity index (χ3n) is 3.51. The van der Waals surface area contributed by atoms with Gasteiger partial charge in [0.1, 0.15) is 0 Å². The minimum Gasteiger partial charge on any atom is -0.291 e. The molecule has 20 heavy (non-hydrogen) atoms. The third-order valence-corrected chi connectivity index (χ3v) is 4.37. The van der Waals surface area contributed by atoms with Crippen LogP contribution in [0, 0.1) is 10.1 Å². The minimum absolute atomic E-state index is 0.175. The molecule has 1 aromatic carbocycles. The smallest absolute Gasteiger partial charge is 0.269 e. The van der Waals surface area contributed by atoms with E-state index in [9.17, 15) is 10.1 Å². The molecule has 1 saturated carbocycles. The van der Waals surface area contributed by atoms with Crippen molar-refractivity contribution in [2.45, 2.75) is 32.0 Å². The van der Waals surface area contributed by atoms with Crippen molar-refractivity contribution in [3.63, 3.8) is 0 Å². The van der Waals surface area contributed by atoms with E-state index in [0.29, 0.717) is 6.04 Å². The van der Waals surface area contributed by atoms with Gasteiger partial charge in [-0.05, 0) is 29.9 Å². The van der Waals surface area contributed by atoms with E-state index in [2.05, 4.69) is 22.4 Å². The molecule has 1 heterocycles. The molecule has 0 amide bonds. The van der Waals surface area contributed by atoms with Gasteiger partial charge in [-0.15, -0.1) is 11.3 Å². The van der Waals surface area contributed by atoms with Crippen molar-refractivity contribution in [2.75, 3.05) is 0 Å². The van der Waals surface area contributed by atoms with E-state index in [0.717, 1.165) is 18.7 Å². The number of hydrogen-bond donors (Lipinski definition) is 0. The maximum Gasteiger partial charge on any atom is 0.269 e. The molecule has 0 bridgehead atoms. The predicted molar refractivity (Wildman–Crippen MR) is 79.7 cm³/mol. The fourth-order valence-corrected chi connectivity index (χ4v) is 3.09. The Kier molecular flexibility index (Phi) is 3.80. The van der Waals surface area contributed by atoms with Gasteiger partial charge in [-0.2, -0.15) is 0 Å². The number of thiophene rings is 1. The Bertz CT molecular complexity index is 594. The van der Waals surface area contributed by atoms with E-state index in [1.807, 2.05) is 6.07 Å². The van der Waals surface area contributed by atoms with Crippen molar-refractivity contribution in [1.82, 2.24) is 4.90 Å². The van der Waals surface area contributed by atoms with Crippen LogP contribution in [-0.2, 0) is 13.1 Å². The average molecular weight is 288 g/mol. The molecule has 0 radical (unpaired) electrons. The molecule has 0 saturated heterocycles. The number of rotatable bonds is 6. The topological polar surface area (TPSA) is 46.4 Å². The monoisotopic (exact) mass is 288 g/mol. The SMILES string of the molecule is O=[N+]([O-])c1cccc(CN(Cc2cccs2)C2CC2)c1. The number of hydrogen-bond acceptors (Lipinski definition) is 4. The van der Waals surface area contributed by atoms with Gasteiger partial charge in [-0.3, -0.25) is 15.0 Å². The molecule has 4 nitrogen and oxygen atoms in total. The highest BCUT2D eigenvalue weighted by atomic mass is 32.1. The van der Waals surface area contributed by atoms with Gasteiger partial charge in [0, 0.05) is 36.1 Å². The average Bonchev–Trinajstić information content (AvgIpc) is 3.17. The van der Waals surface area contributed by atoms with Gasteiger partial charge >= 0.3 is 0 Å². The molecule has 1 aromatic heterocycles. The fraction of sp³-hybridized carbons (Fsp3) is 0.333. The molecule has 1 aliphatic rings. The Morgan fingerprint density at radius 2 is 2.10 bits per heavy atom. The summed E-state index contributed by atoms with van der Waals surface area (Å²) in [6.07, 6.45) is 2.47. The number of nitro benzene ring substituents is 1. The van der Waals surface area contributed by atoms with E-state index in [1.54, 1.807) is 29.5 Å². The van der Waals surface area contributed by atoms with Crippen molar-refractivity contribution >= 4 is 17.0 Å². The van der Waals surface area contributed by atoms with Crippen LogP contribution >= 0.6 is 11.3 Å². The van der Waals surface area contributed by atoms with Gasteiger partial charge in [0.05, 0.1) is 4.92 Å². The van der Waals surface area contributed by atoms with Crippen LogP contribution in [0.15, 0.2) is 41.8 Å². The first-order chi connectivity index (χ1) is 9.72. The summed E-state index contributed by atoms with van der Waals surface area (Å²) in [6, 6.07) is 11.8. The van der Waals surface area contributed by atoms with Crippen molar-refractivity contribution in [3.8, 4) is 0 Å². The van der Waals surface area contributed by atoms with Crippen molar-refractivity contribution in [3.05, 3.63) is 62.3 Å². The maximum atomic E-state index is 10.8. The third kappa shape index (κ3) is 3.23. The number of non-ortho nitro benzene ring substituents is 1. The largest absolute Gasteiger partial charge is 0.291 e. The van der Waals surface area contributed by atoms with Gasteiger partial charge < -0.3 is 0 Å². The van der Waals surface area contributed by atoms with Gasteiger partial charge in [0.2, 0.25) is 0 Å². The Morgan fingerprint density at radius 1 is 1.25 bits per heavy atom. The summed E-state index contributed by atoms with van der Waals surface area (Å²) in [5.41, 5.74) is 1.19. The number of nitrogens with zero attached hydrogens (tertiary/aromatic N) is 2. The van der Waals surface area contributed by atoms with Crippen LogP contribution in [-0.4, -0.2) is 15.9 Å². The van der Waals surface area contributed by atoms with E-state index < -0.39 is 0 Å². The lowest BCUT2D eigenvalue weighted by Crippen LogP contribution is -2.24.